The number of nitro groups is 1. The van der Waals surface area contributed by atoms with Crippen molar-refractivity contribution in [3.8, 4) is 0 Å². The van der Waals surface area contributed by atoms with Gasteiger partial charge in [-0.25, -0.2) is 0 Å². The molecule has 5 heteroatoms. The Bertz CT molecular complexity index is 414. The molecule has 1 N–H and O–H groups in total. The minimum Gasteiger partial charge on any atom is -0.366 e. The number of hydrogen-bond donors (Lipinski definition) is 1. The average Bonchev–Trinajstić information content (AvgIpc) is 2.66. The van der Waals surface area contributed by atoms with Crippen LogP contribution in [0.25, 0.3) is 0 Å². The lowest BCUT2D eigenvalue weighted by atomic mass is 10.1. The molecule has 1 atom stereocenters. The highest BCUT2D eigenvalue weighted by molar-refractivity contribution is 5.63. The number of nitrogens with zero attached hydrogens (tertiary/aromatic N) is 2. The monoisotopic (exact) mass is 249 g/mol. The van der Waals surface area contributed by atoms with Crippen LogP contribution in [0.1, 0.15) is 19.3 Å². The summed E-state index contributed by atoms with van der Waals surface area (Å²) >= 11 is 0. The zero-order chi connectivity index (χ0) is 13.0. The number of anilines is 1. The van der Waals surface area contributed by atoms with E-state index in [1.165, 1.54) is 0 Å². The number of benzene rings is 1. The Hall–Kier alpha value is -1.62. The summed E-state index contributed by atoms with van der Waals surface area (Å²) < 4.78 is 0. The fraction of sp³-hybridized carbons (Fsp3) is 0.538. The molecule has 0 aliphatic carbocycles. The van der Waals surface area contributed by atoms with Crippen LogP contribution in [-0.2, 0) is 0 Å². The summed E-state index contributed by atoms with van der Waals surface area (Å²) in [6.45, 7) is 2.02. The van der Waals surface area contributed by atoms with Crippen LogP contribution in [0.5, 0.6) is 0 Å². The molecule has 0 amide bonds. The van der Waals surface area contributed by atoms with Crippen molar-refractivity contribution in [3.05, 3.63) is 34.4 Å². The van der Waals surface area contributed by atoms with Gasteiger partial charge in [-0.15, -0.1) is 0 Å². The van der Waals surface area contributed by atoms with E-state index in [4.69, 9.17) is 0 Å². The molecule has 98 valence electrons. The largest absolute Gasteiger partial charge is 0.366 e. The molecule has 0 spiro atoms. The van der Waals surface area contributed by atoms with Gasteiger partial charge in [0.05, 0.1) is 4.92 Å². The van der Waals surface area contributed by atoms with Crippen LogP contribution in [0.3, 0.4) is 0 Å². The number of rotatable bonds is 3. The van der Waals surface area contributed by atoms with Gasteiger partial charge in [-0.3, -0.25) is 10.1 Å². The molecule has 1 aliphatic rings. The Kier molecular flexibility index (Phi) is 4.15. The van der Waals surface area contributed by atoms with Crippen LogP contribution in [-0.4, -0.2) is 31.1 Å². The van der Waals surface area contributed by atoms with Crippen molar-refractivity contribution in [1.29, 1.82) is 0 Å². The van der Waals surface area contributed by atoms with Crippen molar-refractivity contribution in [1.82, 2.24) is 5.32 Å². The molecule has 0 bridgehead atoms. The van der Waals surface area contributed by atoms with Crippen LogP contribution in [0.4, 0.5) is 11.4 Å². The van der Waals surface area contributed by atoms with E-state index >= 15 is 0 Å². The molecular formula is C13H19N3O2. The van der Waals surface area contributed by atoms with Crippen molar-refractivity contribution >= 4 is 11.4 Å². The Labute approximate surface area is 107 Å². The first-order chi connectivity index (χ1) is 8.70. The van der Waals surface area contributed by atoms with Crippen molar-refractivity contribution in [3.63, 3.8) is 0 Å². The Morgan fingerprint density at radius 1 is 1.33 bits per heavy atom. The van der Waals surface area contributed by atoms with Gasteiger partial charge in [0.15, 0.2) is 0 Å². The molecule has 1 aliphatic heterocycles. The number of para-hydroxylation sites is 2. The molecule has 1 saturated heterocycles. The lowest BCUT2D eigenvalue weighted by Gasteiger charge is -2.28. The normalized spacial score (nSPS) is 20.2. The minimum absolute atomic E-state index is 0.192. The molecule has 1 unspecified atom stereocenters. The highest BCUT2D eigenvalue weighted by atomic mass is 16.6. The van der Waals surface area contributed by atoms with E-state index < -0.39 is 0 Å². The molecule has 18 heavy (non-hydrogen) atoms. The summed E-state index contributed by atoms with van der Waals surface area (Å²) in [4.78, 5) is 12.8. The first-order valence-electron chi connectivity index (χ1n) is 6.37. The fourth-order valence-electron chi connectivity index (χ4n) is 2.50. The average molecular weight is 249 g/mol. The van der Waals surface area contributed by atoms with E-state index in [1.54, 1.807) is 12.1 Å². The van der Waals surface area contributed by atoms with Crippen molar-refractivity contribution < 1.29 is 4.92 Å². The number of nitrogens with one attached hydrogen (secondary N) is 1. The van der Waals surface area contributed by atoms with Crippen LogP contribution >= 0.6 is 0 Å². The first-order valence-corrected chi connectivity index (χ1v) is 6.37. The van der Waals surface area contributed by atoms with Gasteiger partial charge in [0.2, 0.25) is 0 Å². The first kappa shape index (κ1) is 12.8. The van der Waals surface area contributed by atoms with Gasteiger partial charge in [-0.05, 0) is 38.4 Å². The van der Waals surface area contributed by atoms with E-state index in [0.29, 0.717) is 6.04 Å². The molecule has 1 aromatic rings. The van der Waals surface area contributed by atoms with Crippen LogP contribution in [0.2, 0.25) is 0 Å². The second kappa shape index (κ2) is 5.82. The number of nitro benzene ring substituents is 1. The van der Waals surface area contributed by atoms with Gasteiger partial charge in [0.1, 0.15) is 5.69 Å². The van der Waals surface area contributed by atoms with Gasteiger partial charge in [-0.2, -0.15) is 0 Å². The van der Waals surface area contributed by atoms with Gasteiger partial charge in [0.25, 0.3) is 5.69 Å². The highest BCUT2D eigenvalue weighted by Crippen LogP contribution is 2.29. The van der Waals surface area contributed by atoms with Crippen molar-refractivity contribution in [2.75, 3.05) is 25.0 Å². The summed E-state index contributed by atoms with van der Waals surface area (Å²) in [5.41, 5.74) is 0.909. The van der Waals surface area contributed by atoms with Crippen LogP contribution in [0.15, 0.2) is 24.3 Å². The van der Waals surface area contributed by atoms with E-state index in [-0.39, 0.29) is 10.6 Å². The molecule has 0 radical (unpaired) electrons. The maximum absolute atomic E-state index is 11.0. The van der Waals surface area contributed by atoms with E-state index in [2.05, 4.69) is 10.2 Å². The van der Waals surface area contributed by atoms with Crippen LogP contribution < -0.4 is 10.2 Å². The van der Waals surface area contributed by atoms with E-state index in [1.807, 2.05) is 19.2 Å². The third kappa shape index (κ3) is 2.79. The highest BCUT2D eigenvalue weighted by Gasteiger charge is 2.22. The predicted molar refractivity (Wildman–Crippen MR) is 72.0 cm³/mol. The molecule has 1 heterocycles. The molecule has 0 aromatic heterocycles. The molecule has 2 rings (SSSR count). The molecular weight excluding hydrogens is 230 g/mol. The van der Waals surface area contributed by atoms with Gasteiger partial charge in [-0.1, -0.05) is 12.1 Å². The van der Waals surface area contributed by atoms with Crippen molar-refractivity contribution in [2.24, 2.45) is 0 Å². The second-order valence-corrected chi connectivity index (χ2v) is 4.69. The lowest BCUT2D eigenvalue weighted by Crippen LogP contribution is -2.32. The zero-order valence-corrected chi connectivity index (χ0v) is 10.6. The Morgan fingerprint density at radius 3 is 2.89 bits per heavy atom. The van der Waals surface area contributed by atoms with E-state index in [9.17, 15) is 10.1 Å². The summed E-state index contributed by atoms with van der Waals surface area (Å²) in [6.07, 6.45) is 3.23. The maximum atomic E-state index is 11.0. The molecule has 0 saturated carbocycles. The molecule has 1 fully saturated rings. The Morgan fingerprint density at radius 2 is 2.11 bits per heavy atom. The predicted octanol–water partition coefficient (Wildman–Crippen LogP) is 2.17. The standard InChI is InChI=1S/C13H19N3O2/c1-15(11-5-4-9-14-10-8-11)12-6-2-3-7-13(12)16(17)18/h2-3,6-7,11,14H,4-5,8-10H2,1H3. The second-order valence-electron chi connectivity index (χ2n) is 4.69. The number of hydrogen-bond acceptors (Lipinski definition) is 4. The fourth-order valence-corrected chi connectivity index (χ4v) is 2.50. The SMILES string of the molecule is CN(c1ccccc1[N+](=O)[O-])C1CCCNCC1. The van der Waals surface area contributed by atoms with Gasteiger partial charge < -0.3 is 10.2 Å². The Balaban J connectivity index is 2.21. The maximum Gasteiger partial charge on any atom is 0.292 e. The summed E-state index contributed by atoms with van der Waals surface area (Å²) in [5.74, 6) is 0. The van der Waals surface area contributed by atoms with Crippen LogP contribution in [0, 0.1) is 10.1 Å². The molecule has 1 aromatic carbocycles. The zero-order valence-electron chi connectivity index (χ0n) is 10.6. The third-order valence-electron chi connectivity index (χ3n) is 3.55. The topological polar surface area (TPSA) is 58.4 Å². The summed E-state index contributed by atoms with van der Waals surface area (Å²) in [5, 5.41) is 14.4. The quantitative estimate of drug-likeness (QED) is 0.659. The third-order valence-corrected chi connectivity index (χ3v) is 3.55. The smallest absolute Gasteiger partial charge is 0.292 e. The minimum atomic E-state index is -0.305. The van der Waals surface area contributed by atoms with Gasteiger partial charge >= 0.3 is 0 Å². The molecule has 5 nitrogen and oxygen atoms in total. The summed E-state index contributed by atoms with van der Waals surface area (Å²) in [6, 6.07) is 7.34. The van der Waals surface area contributed by atoms with E-state index in [0.717, 1.165) is 38.0 Å². The van der Waals surface area contributed by atoms with Gasteiger partial charge in [0, 0.05) is 19.2 Å². The summed E-state index contributed by atoms with van der Waals surface area (Å²) in [7, 11) is 1.96. The van der Waals surface area contributed by atoms with Crippen molar-refractivity contribution in [2.45, 2.75) is 25.3 Å². The lowest BCUT2D eigenvalue weighted by molar-refractivity contribution is -0.384.